The molecule has 0 radical (unpaired) electrons. The molecule has 4 aliphatic carbocycles. The number of Topliss-reactive ketones (excluding diaryl/α,β-unsaturated/α-hetero) is 3. The second kappa shape index (κ2) is 14.7. The normalized spacial score (nSPS) is 26.9. The predicted molar refractivity (Wildman–Crippen MR) is 202 cm³/mol. The number of hydrogen-bond donors (Lipinski definition) is 5. The van der Waals surface area contributed by atoms with Crippen LogP contribution in [0.1, 0.15) is 144 Å². The highest BCUT2D eigenvalue weighted by Gasteiger charge is 2.71. The van der Waals surface area contributed by atoms with Gasteiger partial charge < -0.3 is 25.8 Å². The number of nitrogens with zero attached hydrogens (tertiary/aromatic N) is 1. The third kappa shape index (κ3) is 7.05. The smallest absolute Gasteiger partial charge is 0.269 e. The van der Waals surface area contributed by atoms with Crippen LogP contribution in [0.15, 0.2) is 0 Å². The van der Waals surface area contributed by atoms with Crippen molar-refractivity contribution < 1.29 is 33.6 Å². The van der Waals surface area contributed by atoms with Crippen LogP contribution in [0, 0.1) is 36.5 Å². The van der Waals surface area contributed by atoms with E-state index in [4.69, 9.17) is 0 Å². The lowest BCUT2D eigenvalue weighted by atomic mass is 9.76. The van der Waals surface area contributed by atoms with Gasteiger partial charge in [0.2, 0.25) is 29.3 Å². The molecule has 5 aliphatic rings. The van der Waals surface area contributed by atoms with Crippen molar-refractivity contribution in [2.45, 2.75) is 162 Å². The molecule has 13 heteroatoms. The summed E-state index contributed by atoms with van der Waals surface area (Å²) < 4.78 is 0. The zero-order valence-electron chi connectivity index (χ0n) is 33.3. The first kappa shape index (κ1) is 39.8. The van der Waals surface area contributed by atoms with Gasteiger partial charge in [0.1, 0.15) is 23.8 Å². The minimum absolute atomic E-state index is 0.0637. The molecule has 0 unspecified atom stereocenters. The number of rotatable bonds is 13. The first-order chi connectivity index (χ1) is 25.4. The van der Waals surface area contributed by atoms with E-state index < -0.39 is 69.8 Å². The number of carbonyl (C=O) groups is 7. The lowest BCUT2D eigenvalue weighted by Crippen LogP contribution is -2.64. The molecule has 0 aromatic carbocycles. The summed E-state index contributed by atoms with van der Waals surface area (Å²) in [7, 11) is 0. The Bertz CT molecular complexity index is 1720. The molecule has 13 nitrogen and oxygen atoms in total. The van der Waals surface area contributed by atoms with Crippen molar-refractivity contribution in [3.8, 4) is 0 Å². The quantitative estimate of drug-likeness (QED) is 0.115. The van der Waals surface area contributed by atoms with Gasteiger partial charge in [0.05, 0.1) is 11.6 Å². The Morgan fingerprint density at radius 1 is 0.907 bits per heavy atom. The first-order valence-corrected chi connectivity index (χ1v) is 20.2. The fourth-order valence-corrected chi connectivity index (χ4v) is 9.85. The van der Waals surface area contributed by atoms with Gasteiger partial charge in [-0.25, -0.2) is 0 Å². The van der Waals surface area contributed by atoms with E-state index in [0.717, 1.165) is 64.2 Å². The Kier molecular flexibility index (Phi) is 10.8. The monoisotopic (exact) mass is 748 g/mol. The van der Waals surface area contributed by atoms with Crippen LogP contribution < -0.4 is 21.3 Å². The Morgan fingerprint density at radius 3 is 2.11 bits per heavy atom. The van der Waals surface area contributed by atoms with E-state index in [1.165, 1.54) is 6.92 Å². The molecule has 2 heterocycles. The highest BCUT2D eigenvalue weighted by molar-refractivity contribution is 6.67. The summed E-state index contributed by atoms with van der Waals surface area (Å²) in [5.74, 6) is -3.20. The predicted octanol–water partition coefficient (Wildman–Crippen LogP) is 3.60. The summed E-state index contributed by atoms with van der Waals surface area (Å²) in [4.78, 5) is 101. The maximum Gasteiger partial charge on any atom is 0.269 e. The molecule has 1 aromatic rings. The summed E-state index contributed by atoms with van der Waals surface area (Å²) in [5.41, 5.74) is -0.934. The highest BCUT2D eigenvalue weighted by Crippen LogP contribution is 2.53. The van der Waals surface area contributed by atoms with Gasteiger partial charge in [-0.2, -0.15) is 0 Å². The van der Waals surface area contributed by atoms with E-state index in [2.05, 4.69) is 26.3 Å². The van der Waals surface area contributed by atoms with Crippen molar-refractivity contribution in [1.82, 2.24) is 31.2 Å². The van der Waals surface area contributed by atoms with E-state index >= 15 is 0 Å². The number of aryl methyl sites for hydroxylation is 1. The first-order valence-electron chi connectivity index (χ1n) is 20.2. The van der Waals surface area contributed by atoms with Gasteiger partial charge in [-0.1, -0.05) is 60.3 Å². The number of hydrogen-bond acceptors (Lipinski definition) is 8. The van der Waals surface area contributed by atoms with Crippen molar-refractivity contribution in [2.24, 2.45) is 22.7 Å². The van der Waals surface area contributed by atoms with Crippen molar-refractivity contribution >= 4 is 41.0 Å². The second-order valence-corrected chi connectivity index (χ2v) is 18.2. The molecule has 54 heavy (non-hydrogen) atoms. The molecular formula is C41H60N6O7. The number of H-pyrrole nitrogens is 1. The number of nitrogens with one attached hydrogen (secondary N) is 5. The Labute approximate surface area is 318 Å². The number of aromatic amines is 1. The van der Waals surface area contributed by atoms with E-state index in [-0.39, 0.29) is 35.3 Å². The molecule has 1 aromatic heterocycles. The molecule has 0 spiro atoms. The maximum absolute atomic E-state index is 14.9. The fraction of sp³-hybridized carbons (Fsp3) is 0.732. The van der Waals surface area contributed by atoms with E-state index in [0.29, 0.717) is 29.8 Å². The minimum Gasteiger partial charge on any atom is -0.354 e. The van der Waals surface area contributed by atoms with E-state index in [9.17, 15) is 33.6 Å². The Balaban J connectivity index is 1.27. The van der Waals surface area contributed by atoms with Crippen LogP contribution in [-0.4, -0.2) is 93.2 Å². The number of aromatic nitrogens is 1. The summed E-state index contributed by atoms with van der Waals surface area (Å²) in [6.07, 6.45) is 8.90. The van der Waals surface area contributed by atoms with Crippen LogP contribution in [0.4, 0.5) is 0 Å². The van der Waals surface area contributed by atoms with Gasteiger partial charge in [0.25, 0.3) is 5.91 Å². The number of ketones is 3. The third-order valence-corrected chi connectivity index (χ3v) is 13.4. The van der Waals surface area contributed by atoms with Crippen molar-refractivity contribution in [3.63, 3.8) is 0 Å². The molecule has 4 saturated carbocycles. The zero-order chi connectivity index (χ0) is 39.5. The summed E-state index contributed by atoms with van der Waals surface area (Å²) in [6.45, 7) is 14.8. The van der Waals surface area contributed by atoms with Gasteiger partial charge >= 0.3 is 0 Å². The molecular weight excluding hydrogens is 688 g/mol. The fourth-order valence-electron chi connectivity index (χ4n) is 9.85. The average Bonchev–Trinajstić information content (AvgIpc) is 3.88. The molecule has 1 aliphatic heterocycles. The number of amides is 4. The van der Waals surface area contributed by atoms with Crippen LogP contribution in [0.5, 0.6) is 0 Å². The molecule has 4 amide bonds. The zero-order valence-corrected chi connectivity index (χ0v) is 33.3. The lowest BCUT2D eigenvalue weighted by molar-refractivity contribution is -0.146. The SMILES string of the molecule is CC[C@H](NC(=O)[C@H]1N(C(=O)[C@@H](NC(=O)[C@@H](NC(=O)c2[nH]c(C)c(C)c2C(C)=O)C2CCCCC2)C(C)(C)C)C[C@@H]2CCC[C@@]21C)C1(NC2CC2)C(=O)C1=O. The molecule has 0 bridgehead atoms. The van der Waals surface area contributed by atoms with E-state index in [1.54, 1.807) is 18.7 Å². The van der Waals surface area contributed by atoms with E-state index in [1.807, 2.05) is 34.6 Å². The van der Waals surface area contributed by atoms with Crippen molar-refractivity contribution in [1.29, 1.82) is 0 Å². The maximum atomic E-state index is 14.9. The van der Waals surface area contributed by atoms with Gasteiger partial charge in [-0.15, -0.1) is 0 Å². The summed E-state index contributed by atoms with van der Waals surface area (Å²) >= 11 is 0. The van der Waals surface area contributed by atoms with Gasteiger partial charge in [-0.3, -0.25) is 38.9 Å². The Hall–Kier alpha value is -3.87. The number of fused-ring (bicyclic) bond motifs is 1. The molecule has 5 fully saturated rings. The molecule has 1 saturated heterocycles. The van der Waals surface area contributed by atoms with Crippen molar-refractivity contribution in [2.75, 3.05) is 6.54 Å². The summed E-state index contributed by atoms with van der Waals surface area (Å²) in [5, 5.41) is 12.3. The molecule has 6 rings (SSSR count). The second-order valence-electron chi connectivity index (χ2n) is 18.2. The summed E-state index contributed by atoms with van der Waals surface area (Å²) in [6, 6.07) is -3.54. The van der Waals surface area contributed by atoms with Crippen LogP contribution in [0.2, 0.25) is 0 Å². The lowest BCUT2D eigenvalue weighted by Gasteiger charge is -2.40. The van der Waals surface area contributed by atoms with Crippen LogP contribution >= 0.6 is 0 Å². The Morgan fingerprint density at radius 2 is 1.56 bits per heavy atom. The average molecular weight is 749 g/mol. The van der Waals surface area contributed by atoms with Crippen LogP contribution in [-0.2, 0) is 24.0 Å². The molecule has 5 N–H and O–H groups in total. The van der Waals surface area contributed by atoms with Gasteiger partial charge in [0, 0.05) is 23.7 Å². The molecule has 296 valence electrons. The van der Waals surface area contributed by atoms with Gasteiger partial charge in [0.15, 0.2) is 11.3 Å². The van der Waals surface area contributed by atoms with Gasteiger partial charge in [-0.05, 0) is 88.5 Å². The largest absolute Gasteiger partial charge is 0.354 e. The van der Waals surface area contributed by atoms with Crippen molar-refractivity contribution in [3.05, 3.63) is 22.5 Å². The third-order valence-electron chi connectivity index (χ3n) is 13.4. The number of likely N-dealkylation sites (tertiary alicyclic amines) is 1. The highest BCUT2D eigenvalue weighted by atomic mass is 16.2. The number of carbonyl (C=O) groups excluding carboxylic acids is 7. The van der Waals surface area contributed by atoms with Crippen LogP contribution in [0.25, 0.3) is 0 Å². The topological polar surface area (TPSA) is 187 Å². The molecule has 6 atom stereocenters. The minimum atomic E-state index is -1.42. The standard InChI is InChI=1S/C41H60N6O7/c1-9-27(41(33(49)34(41)50)46-26-17-18-26)43-37(53)32-40(8)19-13-16-25(40)20-47(32)38(54)31(39(5,6)7)45-35(51)29(24-14-11-10-12-15-24)44-36(52)30-28(23(4)48)21(2)22(3)42-30/h24-27,29,31-32,42,46H,9-20H2,1-8H3,(H,43,53)(H,44,52)(H,45,51)/t25-,27-,29-,31+,32+,40-/m0/s1. The van der Waals surface area contributed by atoms with Crippen LogP contribution in [0.3, 0.4) is 0 Å².